The normalized spacial score (nSPS) is 17.1. The number of fused-ring (bicyclic) bond motifs is 1. The van der Waals surface area contributed by atoms with Crippen LogP contribution in [0.25, 0.3) is 0 Å². The van der Waals surface area contributed by atoms with Gasteiger partial charge in [0.05, 0.1) is 17.4 Å². The molecule has 0 atom stereocenters. The molecule has 0 N–H and O–H groups in total. The molecule has 0 saturated heterocycles. The van der Waals surface area contributed by atoms with E-state index in [1.807, 2.05) is 32.6 Å². The van der Waals surface area contributed by atoms with Crippen molar-refractivity contribution in [3.8, 4) is 0 Å². The van der Waals surface area contributed by atoms with Crippen LogP contribution in [0.15, 0.2) is 36.4 Å². The van der Waals surface area contributed by atoms with Crippen molar-refractivity contribution in [2.75, 3.05) is 0 Å². The molecule has 2 aromatic carbocycles. The van der Waals surface area contributed by atoms with E-state index < -0.39 is 72.9 Å². The molecular weight excluding hydrogens is 761 g/mol. The molecule has 1 aliphatic heterocycles. The van der Waals surface area contributed by atoms with Crippen molar-refractivity contribution in [1.82, 2.24) is 0 Å². The van der Waals surface area contributed by atoms with Crippen molar-refractivity contribution in [3.63, 3.8) is 0 Å². The second kappa shape index (κ2) is 14.0. The van der Waals surface area contributed by atoms with Crippen molar-refractivity contribution in [2.45, 2.75) is 177 Å². The number of hydrogen-bond donors (Lipinski definition) is 0. The maximum Gasteiger partial charge on any atom is 0.0838 e. The summed E-state index contributed by atoms with van der Waals surface area (Å²) >= 11 is 0. The first kappa shape index (κ1) is 45.0. The highest BCUT2D eigenvalue weighted by Crippen LogP contribution is 2.52. The van der Waals surface area contributed by atoms with Crippen LogP contribution in [0.1, 0.15) is 37.7 Å². The Morgan fingerprint density at radius 2 is 0.700 bits per heavy atom. The first-order valence-corrected chi connectivity index (χ1v) is 51.8. The summed E-state index contributed by atoms with van der Waals surface area (Å²) in [6.45, 7) is 65.3. The molecule has 281 valence electrons. The number of hydrogen-bond acceptors (Lipinski definition) is 0. The summed E-state index contributed by atoms with van der Waals surface area (Å²) in [5.41, 5.74) is 7.41. The van der Waals surface area contributed by atoms with Crippen LogP contribution in [0.2, 0.25) is 157 Å². The van der Waals surface area contributed by atoms with Gasteiger partial charge in [0.25, 0.3) is 0 Å². The van der Waals surface area contributed by atoms with Gasteiger partial charge in [0.1, 0.15) is 0 Å². The van der Waals surface area contributed by atoms with Crippen LogP contribution in [0.4, 0.5) is 0 Å². The lowest BCUT2D eigenvalue weighted by molar-refractivity contribution is 1.01. The van der Waals surface area contributed by atoms with E-state index in [0.717, 1.165) is 24.5 Å². The monoisotopic (exact) mass is 841 g/mol. The molecule has 0 unspecified atom stereocenters. The molecule has 0 nitrogen and oxygen atoms in total. The van der Waals surface area contributed by atoms with E-state index in [1.54, 1.807) is 0 Å². The Morgan fingerprint density at radius 3 is 1.00 bits per heavy atom. The smallest absolute Gasteiger partial charge is 0.0693 e. The molecule has 1 heterocycles. The van der Waals surface area contributed by atoms with Crippen LogP contribution >= 0.6 is 0 Å². The Bertz CT molecular complexity index is 1400. The predicted molar refractivity (Wildman–Crippen MR) is 260 cm³/mol. The fraction of sp³-hybridized carbons (Fsp3) is 0.700. The number of rotatable bonds is 13. The van der Waals surface area contributed by atoms with Gasteiger partial charge in [-0.25, -0.2) is 0 Å². The van der Waals surface area contributed by atoms with Gasteiger partial charge in [-0.15, -0.1) is 0 Å². The second-order valence-electron chi connectivity index (χ2n) is 24.8. The third-order valence-corrected chi connectivity index (χ3v) is 63.3. The molecule has 0 aromatic heterocycles. The van der Waals surface area contributed by atoms with Gasteiger partial charge in [-0.2, -0.15) is 0 Å². The van der Waals surface area contributed by atoms with Crippen molar-refractivity contribution in [2.24, 2.45) is 0 Å². The molecule has 0 amide bonds. The summed E-state index contributed by atoms with van der Waals surface area (Å²) in [4.78, 5) is 0. The largest absolute Gasteiger partial charge is 0.0838 e. The van der Waals surface area contributed by atoms with Gasteiger partial charge in [-0.05, 0) is 19.8 Å². The molecule has 1 aliphatic rings. The highest BCUT2D eigenvalue weighted by molar-refractivity contribution is 7.37. The summed E-state index contributed by atoms with van der Waals surface area (Å²) in [5, 5.41) is 6.25. The van der Waals surface area contributed by atoms with Crippen LogP contribution in [-0.2, 0) is 4.28 Å². The lowest BCUT2D eigenvalue weighted by Crippen LogP contribution is -2.85. The maximum absolute atomic E-state index is 2.79. The molecule has 10 heteroatoms. The summed E-state index contributed by atoms with van der Waals surface area (Å²) in [6.07, 6.45) is 0. The van der Waals surface area contributed by atoms with Crippen LogP contribution in [0.5, 0.6) is 0 Å². The van der Waals surface area contributed by atoms with Gasteiger partial charge >= 0.3 is 0 Å². The summed E-state index contributed by atoms with van der Waals surface area (Å²) in [7, 11) is -12.2. The van der Waals surface area contributed by atoms with Crippen molar-refractivity contribution < 1.29 is 0 Å². The first-order valence-electron chi connectivity index (χ1n) is 19.8. The molecule has 2 aromatic rings. The van der Waals surface area contributed by atoms with E-state index in [-0.39, 0.29) is 0 Å². The predicted octanol–water partition coefficient (Wildman–Crippen LogP) is 12.0. The van der Waals surface area contributed by atoms with Crippen LogP contribution < -0.4 is 10.4 Å². The van der Waals surface area contributed by atoms with Gasteiger partial charge in [0, 0.05) is 64.6 Å². The molecule has 0 spiro atoms. The molecule has 50 heavy (non-hydrogen) atoms. The molecule has 0 fully saturated rings. The summed E-state index contributed by atoms with van der Waals surface area (Å²) in [6, 6.07) is 15.9. The minimum Gasteiger partial charge on any atom is -0.0693 e. The van der Waals surface area contributed by atoms with Crippen molar-refractivity contribution >= 4 is 92.3 Å². The standard InChI is InChI=1S/C40H81Si10/c1-43(2,3)37(44(4,5)6)31-27-25-28-32(38(45(7,8)9)46(10,11)12)35(31)41-42-36-33(39(47(13,14)15)48(16,17)18)29-26-30-34(36)40(42,49(19,20)21)50(22,23)24/h25-30,37-39H,1-24H3. The zero-order chi connectivity index (χ0) is 39.2. The van der Waals surface area contributed by atoms with Gasteiger partial charge in [0.2, 0.25) is 0 Å². The summed E-state index contributed by atoms with van der Waals surface area (Å²) in [5.74, 6) is 0. The van der Waals surface area contributed by atoms with E-state index in [9.17, 15) is 0 Å². The lowest BCUT2D eigenvalue weighted by Gasteiger charge is -2.65. The van der Waals surface area contributed by atoms with E-state index in [4.69, 9.17) is 0 Å². The molecule has 0 saturated carbocycles. The maximum atomic E-state index is 2.79. The SMILES string of the molecule is C[Si](C)(C)C(c1cccc(C([Si](C)(C)C)[Si](C)(C)C)c1[Si][Si]1c2c(C([Si](C)(C)C)[Si](C)(C)C)cccc2C1([Si](C)(C)C)[Si](C)(C)C)[Si](C)(C)C. The minimum absolute atomic E-state index is 0.476. The lowest BCUT2D eigenvalue weighted by atomic mass is 10.1. The zero-order valence-corrected chi connectivity index (χ0v) is 47.7. The quantitative estimate of drug-likeness (QED) is 0.176. The van der Waals surface area contributed by atoms with Crippen molar-refractivity contribution in [1.29, 1.82) is 0 Å². The molecule has 3 rings (SSSR count). The summed E-state index contributed by atoms with van der Waals surface area (Å²) < 4.78 is 0.476. The fourth-order valence-corrected chi connectivity index (χ4v) is 84.4. The fourth-order valence-electron chi connectivity index (χ4n) is 12.5. The molecule has 0 bridgehead atoms. The third kappa shape index (κ3) is 8.39. The highest BCUT2D eigenvalue weighted by Gasteiger charge is 2.67. The average molecular weight is 843 g/mol. The van der Waals surface area contributed by atoms with E-state index in [0.29, 0.717) is 4.28 Å². The Labute approximate surface area is 325 Å². The van der Waals surface area contributed by atoms with Gasteiger partial charge in [-0.3, -0.25) is 0 Å². The minimum atomic E-state index is -1.64. The zero-order valence-electron chi connectivity index (χ0n) is 37.7. The Morgan fingerprint density at radius 1 is 0.420 bits per heavy atom. The Kier molecular flexibility index (Phi) is 12.6. The number of benzene rings is 2. The third-order valence-electron chi connectivity index (χ3n) is 11.9. The highest BCUT2D eigenvalue weighted by atomic mass is 29.2. The van der Waals surface area contributed by atoms with E-state index in [1.165, 1.54) is 0 Å². The average Bonchev–Trinajstić information content (AvgIpc) is 2.76. The first-order chi connectivity index (χ1) is 21.9. The van der Waals surface area contributed by atoms with Crippen LogP contribution in [0.3, 0.4) is 0 Å². The molecule has 3 radical (unpaired) electrons. The topological polar surface area (TPSA) is 0 Å². The van der Waals surface area contributed by atoms with Gasteiger partial charge < -0.3 is 0 Å². The van der Waals surface area contributed by atoms with E-state index >= 15 is 0 Å². The Balaban J connectivity index is 2.66. The second-order valence-corrected chi connectivity index (χ2v) is 75.4. The molecule has 0 aliphatic carbocycles. The van der Waals surface area contributed by atoms with Crippen LogP contribution in [0, 0.1) is 0 Å². The molecular formula is C40H81Si10. The van der Waals surface area contributed by atoms with E-state index in [2.05, 4.69) is 194 Å². The van der Waals surface area contributed by atoms with Crippen LogP contribution in [-0.4, -0.2) is 81.9 Å². The van der Waals surface area contributed by atoms with Crippen molar-refractivity contribution in [3.05, 3.63) is 58.7 Å². The Hall–Kier alpha value is 0.609. The van der Waals surface area contributed by atoms with Gasteiger partial charge in [0.15, 0.2) is 0 Å². The van der Waals surface area contributed by atoms with Gasteiger partial charge in [-0.1, -0.05) is 226 Å².